The van der Waals surface area contributed by atoms with Crippen LogP contribution < -0.4 is 5.32 Å². The summed E-state index contributed by atoms with van der Waals surface area (Å²) in [5, 5.41) is 13.8. The van der Waals surface area contributed by atoms with Crippen LogP contribution in [0.15, 0.2) is 18.2 Å². The van der Waals surface area contributed by atoms with Gasteiger partial charge in [0.2, 0.25) is 0 Å². The molecule has 2 aromatic rings. The summed E-state index contributed by atoms with van der Waals surface area (Å²) in [6.45, 7) is 0. The number of nitrogens with one attached hydrogen (secondary N) is 1. The largest absolute Gasteiger partial charge is 0.508 e. The van der Waals surface area contributed by atoms with Gasteiger partial charge in [-0.15, -0.1) is 0 Å². The summed E-state index contributed by atoms with van der Waals surface area (Å²) in [6.07, 6.45) is 1.67. The summed E-state index contributed by atoms with van der Waals surface area (Å²) in [4.78, 5) is 16.0. The average Bonchev–Trinajstić information content (AvgIpc) is 3.04. The summed E-state index contributed by atoms with van der Waals surface area (Å²) >= 11 is 7.11. The Labute approximate surface area is 130 Å². The van der Waals surface area contributed by atoms with Crippen LogP contribution in [0.3, 0.4) is 0 Å². The van der Waals surface area contributed by atoms with Crippen LogP contribution in [0.2, 0.25) is 5.15 Å². The minimum Gasteiger partial charge on any atom is -0.508 e. The molecule has 110 valence electrons. The fraction of sp³-hybridized carbons (Fsp3) is 0.286. The van der Waals surface area contributed by atoms with E-state index >= 15 is 0 Å². The lowest BCUT2D eigenvalue weighted by atomic mass is 10.1. The summed E-state index contributed by atoms with van der Waals surface area (Å²) in [5.41, 5.74) is 2.02. The molecular formula is C14H13ClN2O3S. The van der Waals surface area contributed by atoms with E-state index in [2.05, 4.69) is 15.0 Å². The molecule has 0 spiro atoms. The number of esters is 1. The number of phenols is 1. The van der Waals surface area contributed by atoms with Crippen LogP contribution in [0.25, 0.3) is 0 Å². The minimum absolute atomic E-state index is 0.0554. The van der Waals surface area contributed by atoms with Crippen LogP contribution >= 0.6 is 22.9 Å². The fourth-order valence-electron chi connectivity index (χ4n) is 2.52. The summed E-state index contributed by atoms with van der Waals surface area (Å²) in [5.74, 6) is -0.167. The monoisotopic (exact) mass is 324 g/mol. The van der Waals surface area contributed by atoms with Crippen LogP contribution in [0.4, 0.5) is 5.13 Å². The first-order chi connectivity index (χ1) is 10.1. The number of methoxy groups -OCH3 is 1. The van der Waals surface area contributed by atoms with Gasteiger partial charge in [0.15, 0.2) is 15.2 Å². The number of hydrogen-bond donors (Lipinski definition) is 2. The highest BCUT2D eigenvalue weighted by atomic mass is 35.5. The molecule has 1 unspecified atom stereocenters. The van der Waals surface area contributed by atoms with E-state index in [0.29, 0.717) is 10.9 Å². The number of aromatic hydroxyl groups is 1. The molecule has 0 bridgehead atoms. The van der Waals surface area contributed by atoms with Crippen molar-refractivity contribution in [2.24, 2.45) is 0 Å². The van der Waals surface area contributed by atoms with Gasteiger partial charge < -0.3 is 15.2 Å². The van der Waals surface area contributed by atoms with E-state index in [4.69, 9.17) is 11.6 Å². The Kier molecular flexibility index (Phi) is 3.73. The van der Waals surface area contributed by atoms with Crippen molar-refractivity contribution in [2.75, 3.05) is 12.4 Å². The molecule has 1 aromatic carbocycles. The Morgan fingerprint density at radius 2 is 2.38 bits per heavy atom. The molecule has 1 atom stereocenters. The maximum atomic E-state index is 11.5. The van der Waals surface area contributed by atoms with E-state index in [1.54, 1.807) is 6.07 Å². The summed E-state index contributed by atoms with van der Waals surface area (Å²) in [6, 6.07) is 5.55. The maximum absolute atomic E-state index is 11.5. The van der Waals surface area contributed by atoms with Crippen molar-refractivity contribution in [2.45, 2.75) is 18.9 Å². The van der Waals surface area contributed by atoms with Crippen LogP contribution in [0.5, 0.6) is 5.75 Å². The van der Waals surface area contributed by atoms with Gasteiger partial charge in [-0.3, -0.25) is 0 Å². The summed E-state index contributed by atoms with van der Waals surface area (Å²) in [7, 11) is 1.31. The second-order valence-corrected chi connectivity index (χ2v) is 6.07. The molecule has 0 radical (unpaired) electrons. The molecule has 0 saturated carbocycles. The Bertz CT molecular complexity index is 702. The Morgan fingerprint density at radius 3 is 3.14 bits per heavy atom. The van der Waals surface area contributed by atoms with Crippen molar-refractivity contribution in [3.05, 3.63) is 39.4 Å². The van der Waals surface area contributed by atoms with Crippen molar-refractivity contribution >= 4 is 34.0 Å². The number of ether oxygens (including phenoxy) is 1. The smallest absolute Gasteiger partial charge is 0.351 e. The number of rotatable bonds is 3. The third-order valence-corrected chi connectivity index (χ3v) is 4.85. The van der Waals surface area contributed by atoms with Gasteiger partial charge in [-0.05, 0) is 30.0 Å². The number of benzene rings is 1. The Hall–Kier alpha value is -1.79. The van der Waals surface area contributed by atoms with E-state index in [9.17, 15) is 9.90 Å². The molecule has 0 aliphatic heterocycles. The number of phenolic OH excluding ortho intramolecular Hbond substituents is 1. The number of fused-ring (bicyclic) bond motifs is 1. The third kappa shape index (κ3) is 2.56. The number of carbonyl (C=O) groups excluding carboxylic acids is 1. The fourth-order valence-corrected chi connectivity index (χ4v) is 3.67. The normalized spacial score (nSPS) is 16.6. The van der Waals surface area contributed by atoms with Crippen LogP contribution in [0, 0.1) is 0 Å². The molecule has 21 heavy (non-hydrogen) atoms. The minimum atomic E-state index is -0.491. The second-order valence-electron chi connectivity index (χ2n) is 4.71. The predicted molar refractivity (Wildman–Crippen MR) is 81.3 cm³/mol. The number of hydrogen-bond acceptors (Lipinski definition) is 6. The van der Waals surface area contributed by atoms with Gasteiger partial charge in [-0.1, -0.05) is 35.1 Å². The quantitative estimate of drug-likeness (QED) is 0.847. The molecule has 1 aliphatic rings. The molecular weight excluding hydrogens is 312 g/mol. The Morgan fingerprint density at radius 1 is 1.57 bits per heavy atom. The molecule has 0 fully saturated rings. The lowest BCUT2D eigenvalue weighted by molar-refractivity contribution is 0.0606. The molecule has 7 heteroatoms. The maximum Gasteiger partial charge on any atom is 0.351 e. The van der Waals surface area contributed by atoms with Crippen LogP contribution in [-0.2, 0) is 11.2 Å². The average molecular weight is 325 g/mol. The highest BCUT2D eigenvalue weighted by Gasteiger charge is 2.26. The van der Waals surface area contributed by atoms with Gasteiger partial charge >= 0.3 is 5.97 Å². The van der Waals surface area contributed by atoms with Crippen molar-refractivity contribution in [1.82, 2.24) is 4.98 Å². The van der Waals surface area contributed by atoms with Crippen molar-refractivity contribution in [3.8, 4) is 5.75 Å². The van der Waals surface area contributed by atoms with E-state index in [-0.39, 0.29) is 16.1 Å². The zero-order chi connectivity index (χ0) is 15.0. The number of nitrogens with zero attached hydrogens (tertiary/aromatic N) is 1. The first kappa shape index (κ1) is 14.2. The molecule has 1 heterocycles. The first-order valence-electron chi connectivity index (χ1n) is 6.42. The van der Waals surface area contributed by atoms with E-state index < -0.39 is 5.97 Å². The third-order valence-electron chi connectivity index (χ3n) is 3.50. The molecule has 1 aliphatic carbocycles. The molecule has 3 rings (SSSR count). The predicted octanol–water partition coefficient (Wildman–Crippen LogP) is 3.39. The topological polar surface area (TPSA) is 71.5 Å². The second kappa shape index (κ2) is 5.54. The van der Waals surface area contributed by atoms with Gasteiger partial charge in [0, 0.05) is 0 Å². The van der Waals surface area contributed by atoms with Crippen molar-refractivity contribution < 1.29 is 14.6 Å². The van der Waals surface area contributed by atoms with Gasteiger partial charge in [0.05, 0.1) is 13.2 Å². The lowest BCUT2D eigenvalue weighted by Crippen LogP contribution is -2.06. The van der Waals surface area contributed by atoms with Crippen molar-refractivity contribution in [3.63, 3.8) is 0 Å². The highest BCUT2D eigenvalue weighted by Crippen LogP contribution is 2.39. The number of halogens is 1. The van der Waals surface area contributed by atoms with Gasteiger partial charge in [-0.25, -0.2) is 9.78 Å². The zero-order valence-corrected chi connectivity index (χ0v) is 12.8. The zero-order valence-electron chi connectivity index (χ0n) is 11.2. The van der Waals surface area contributed by atoms with Gasteiger partial charge in [0.25, 0.3) is 0 Å². The van der Waals surface area contributed by atoms with E-state index in [1.807, 2.05) is 12.1 Å². The molecule has 5 nitrogen and oxygen atoms in total. The number of anilines is 1. The molecule has 1 aromatic heterocycles. The summed E-state index contributed by atoms with van der Waals surface area (Å²) < 4.78 is 4.66. The standard InChI is InChI=1S/C14H13ClN2O3S/c1-20-13(19)11-12(15)17-14(21-11)16-9-6-5-8-7(9)3-2-4-10(8)18/h2-4,9,18H,5-6H2,1H3,(H,16,17). The first-order valence-corrected chi connectivity index (χ1v) is 7.61. The number of carbonyl (C=O) groups is 1. The Balaban J connectivity index is 1.84. The molecule has 0 amide bonds. The van der Waals surface area contributed by atoms with Gasteiger partial charge in [0.1, 0.15) is 5.75 Å². The molecule has 2 N–H and O–H groups in total. The SMILES string of the molecule is COC(=O)c1sc(NC2CCc3c(O)cccc32)nc1Cl. The number of aromatic nitrogens is 1. The highest BCUT2D eigenvalue weighted by molar-refractivity contribution is 7.18. The lowest BCUT2D eigenvalue weighted by Gasteiger charge is -2.12. The van der Waals surface area contributed by atoms with Crippen molar-refractivity contribution in [1.29, 1.82) is 0 Å². The van der Waals surface area contributed by atoms with E-state index in [1.165, 1.54) is 18.4 Å². The van der Waals surface area contributed by atoms with E-state index in [0.717, 1.165) is 24.0 Å². The van der Waals surface area contributed by atoms with Crippen LogP contribution in [0.1, 0.15) is 33.3 Å². The van der Waals surface area contributed by atoms with Gasteiger partial charge in [-0.2, -0.15) is 0 Å². The molecule has 0 saturated heterocycles. The van der Waals surface area contributed by atoms with Crippen LogP contribution in [-0.4, -0.2) is 23.2 Å². The number of thiazole rings is 1.